The Morgan fingerprint density at radius 3 is 2.40 bits per heavy atom. The van der Waals surface area contributed by atoms with Gasteiger partial charge in [0.05, 0.1) is 0 Å². The Morgan fingerprint density at radius 2 is 1.57 bits per heavy atom. The molecule has 0 radical (unpaired) electrons. The van der Waals surface area contributed by atoms with E-state index in [1.165, 1.54) is 22.3 Å². The largest absolute Gasteiger partial charge is 1.00 e. The molecule has 0 saturated carbocycles. The van der Waals surface area contributed by atoms with E-state index in [-0.39, 0.29) is 18.2 Å². The summed E-state index contributed by atoms with van der Waals surface area (Å²) in [5.74, 6) is 0.0761. The quantitative estimate of drug-likeness (QED) is 0.415. The first kappa shape index (κ1) is 18.6. The van der Waals surface area contributed by atoms with Crippen molar-refractivity contribution in [3.8, 4) is 16.8 Å². The third kappa shape index (κ3) is 2.45. The zero-order valence-corrected chi connectivity index (χ0v) is 17.4. The van der Waals surface area contributed by atoms with Crippen LogP contribution in [0, 0.1) is 13.8 Å². The molecule has 0 spiro atoms. The SMILES string of the molecule is Cc1ccc(-c2ccc3[nH]c4c5[n+](ccc4c3c2)-c2ccccc2C5=O)cc1C.[Cl-]. The number of fused-ring (bicyclic) bond motifs is 7. The van der Waals surface area contributed by atoms with Crippen LogP contribution in [0.1, 0.15) is 27.2 Å². The lowest BCUT2D eigenvalue weighted by Crippen LogP contribution is -3.00. The fourth-order valence-electron chi connectivity index (χ4n) is 4.44. The minimum atomic E-state index is 0. The zero-order valence-electron chi connectivity index (χ0n) is 16.7. The van der Waals surface area contributed by atoms with Gasteiger partial charge in [-0.15, -0.1) is 0 Å². The molecular weight excluding hydrogens is 392 g/mol. The minimum Gasteiger partial charge on any atom is -1.00 e. The number of nitrogens with one attached hydrogen (secondary N) is 1. The molecule has 1 aliphatic rings. The van der Waals surface area contributed by atoms with E-state index in [0.717, 1.165) is 33.1 Å². The van der Waals surface area contributed by atoms with Gasteiger partial charge in [-0.3, -0.25) is 4.79 Å². The van der Waals surface area contributed by atoms with Gasteiger partial charge in [0, 0.05) is 28.4 Å². The summed E-state index contributed by atoms with van der Waals surface area (Å²) in [6, 6.07) is 23.0. The van der Waals surface area contributed by atoms with Gasteiger partial charge in [0.2, 0.25) is 5.69 Å². The molecule has 0 aliphatic carbocycles. The van der Waals surface area contributed by atoms with Crippen molar-refractivity contribution >= 4 is 27.6 Å². The van der Waals surface area contributed by atoms with Crippen LogP contribution in [0.4, 0.5) is 0 Å². The maximum absolute atomic E-state index is 13.1. The number of ketones is 1. The number of halogens is 1. The molecule has 1 N–H and O–H groups in total. The molecule has 30 heavy (non-hydrogen) atoms. The molecule has 3 aromatic carbocycles. The monoisotopic (exact) mass is 410 g/mol. The second-order valence-electron chi connectivity index (χ2n) is 7.85. The van der Waals surface area contributed by atoms with Crippen LogP contribution in [-0.4, -0.2) is 10.8 Å². The summed E-state index contributed by atoms with van der Waals surface area (Å²) in [5, 5.41) is 2.22. The van der Waals surface area contributed by atoms with Crippen molar-refractivity contribution in [2.75, 3.05) is 0 Å². The van der Waals surface area contributed by atoms with Gasteiger partial charge in [-0.25, -0.2) is 0 Å². The number of aromatic nitrogens is 2. The second-order valence-corrected chi connectivity index (χ2v) is 7.85. The number of aryl methyl sites for hydroxylation is 2. The number of carbonyl (C=O) groups excluding carboxylic acids is 1. The van der Waals surface area contributed by atoms with Crippen molar-refractivity contribution in [2.45, 2.75) is 13.8 Å². The zero-order chi connectivity index (χ0) is 19.7. The van der Waals surface area contributed by atoms with E-state index in [1.54, 1.807) is 0 Å². The third-order valence-corrected chi connectivity index (χ3v) is 6.17. The molecular formula is C26H19ClN2O. The average Bonchev–Trinajstić information content (AvgIpc) is 3.25. The number of nitrogens with zero attached hydrogens (tertiary/aromatic N) is 1. The lowest BCUT2D eigenvalue weighted by molar-refractivity contribution is -0.592. The van der Waals surface area contributed by atoms with Gasteiger partial charge in [0.25, 0.3) is 11.5 Å². The van der Waals surface area contributed by atoms with Crippen LogP contribution >= 0.6 is 0 Å². The van der Waals surface area contributed by atoms with Crippen LogP contribution in [-0.2, 0) is 0 Å². The number of rotatable bonds is 1. The Labute approximate surface area is 180 Å². The lowest BCUT2D eigenvalue weighted by atomic mass is 9.99. The minimum absolute atomic E-state index is 0. The van der Waals surface area contributed by atoms with E-state index < -0.39 is 0 Å². The van der Waals surface area contributed by atoms with E-state index in [1.807, 2.05) is 35.0 Å². The van der Waals surface area contributed by atoms with Gasteiger partial charge in [-0.2, -0.15) is 4.57 Å². The molecule has 146 valence electrons. The van der Waals surface area contributed by atoms with Crippen molar-refractivity contribution in [2.24, 2.45) is 0 Å². The molecule has 2 aromatic heterocycles. The molecule has 0 amide bonds. The van der Waals surface area contributed by atoms with E-state index >= 15 is 0 Å². The summed E-state index contributed by atoms with van der Waals surface area (Å²) in [6.07, 6.45) is 2.01. The van der Waals surface area contributed by atoms with Crippen LogP contribution in [0.3, 0.4) is 0 Å². The van der Waals surface area contributed by atoms with Crippen molar-refractivity contribution in [1.82, 2.24) is 4.98 Å². The van der Waals surface area contributed by atoms with Gasteiger partial charge < -0.3 is 17.4 Å². The topological polar surface area (TPSA) is 36.7 Å². The molecule has 1 aliphatic heterocycles. The maximum atomic E-state index is 13.1. The summed E-state index contributed by atoms with van der Waals surface area (Å²) >= 11 is 0. The average molecular weight is 411 g/mol. The summed E-state index contributed by atoms with van der Waals surface area (Å²) in [4.78, 5) is 16.6. The number of hydrogen-bond donors (Lipinski definition) is 1. The van der Waals surface area contributed by atoms with Crippen molar-refractivity contribution in [3.63, 3.8) is 0 Å². The first-order chi connectivity index (χ1) is 14.1. The summed E-state index contributed by atoms with van der Waals surface area (Å²) in [5.41, 5.74) is 9.36. The van der Waals surface area contributed by atoms with Crippen molar-refractivity contribution in [3.05, 3.63) is 95.3 Å². The molecule has 0 unspecified atom stereocenters. The number of carbonyl (C=O) groups is 1. The maximum Gasteiger partial charge on any atom is 0.284 e. The Bertz CT molecular complexity index is 1500. The lowest BCUT2D eigenvalue weighted by Gasteiger charge is -2.06. The molecule has 4 heteroatoms. The number of hydrogen-bond acceptors (Lipinski definition) is 1. The Balaban J connectivity index is 0.00000193. The number of pyridine rings is 1. The highest BCUT2D eigenvalue weighted by Crippen LogP contribution is 2.33. The van der Waals surface area contributed by atoms with E-state index in [0.29, 0.717) is 5.69 Å². The molecule has 0 fully saturated rings. The normalized spacial score (nSPS) is 12.1. The molecule has 0 saturated heterocycles. The van der Waals surface area contributed by atoms with Gasteiger partial charge in [0.15, 0.2) is 6.20 Å². The summed E-state index contributed by atoms with van der Waals surface area (Å²) in [7, 11) is 0. The third-order valence-electron chi connectivity index (χ3n) is 6.17. The predicted octanol–water partition coefficient (Wildman–Crippen LogP) is 2.43. The summed E-state index contributed by atoms with van der Waals surface area (Å²) < 4.78 is 2.00. The van der Waals surface area contributed by atoms with Crippen LogP contribution in [0.15, 0.2) is 72.9 Å². The molecule has 0 atom stereocenters. The van der Waals surface area contributed by atoms with Crippen LogP contribution in [0.2, 0.25) is 0 Å². The number of para-hydroxylation sites is 1. The predicted molar refractivity (Wildman–Crippen MR) is 116 cm³/mol. The van der Waals surface area contributed by atoms with E-state index in [9.17, 15) is 4.79 Å². The highest BCUT2D eigenvalue weighted by atomic mass is 35.5. The van der Waals surface area contributed by atoms with Gasteiger partial charge in [-0.1, -0.05) is 36.4 Å². The first-order valence-electron chi connectivity index (χ1n) is 9.83. The fourth-order valence-corrected chi connectivity index (χ4v) is 4.44. The highest BCUT2D eigenvalue weighted by Gasteiger charge is 2.37. The first-order valence-corrected chi connectivity index (χ1v) is 9.83. The van der Waals surface area contributed by atoms with Gasteiger partial charge in [-0.05, 0) is 54.3 Å². The Hall–Kier alpha value is -3.43. The highest BCUT2D eigenvalue weighted by molar-refractivity contribution is 6.20. The number of H-pyrrole nitrogens is 1. The van der Waals surface area contributed by atoms with E-state index in [4.69, 9.17) is 0 Å². The van der Waals surface area contributed by atoms with Crippen LogP contribution < -0.4 is 17.0 Å². The molecule has 6 rings (SSSR count). The van der Waals surface area contributed by atoms with Crippen molar-refractivity contribution < 1.29 is 21.8 Å². The number of aromatic amines is 1. The Morgan fingerprint density at radius 1 is 0.800 bits per heavy atom. The van der Waals surface area contributed by atoms with Gasteiger partial charge >= 0.3 is 0 Å². The van der Waals surface area contributed by atoms with E-state index in [2.05, 4.69) is 61.3 Å². The Kier molecular flexibility index (Phi) is 4.05. The number of benzene rings is 3. The summed E-state index contributed by atoms with van der Waals surface area (Å²) in [6.45, 7) is 4.28. The smallest absolute Gasteiger partial charge is 0.284 e. The van der Waals surface area contributed by atoms with Crippen LogP contribution in [0.5, 0.6) is 0 Å². The van der Waals surface area contributed by atoms with Gasteiger partial charge in [0.1, 0.15) is 11.1 Å². The van der Waals surface area contributed by atoms with Crippen molar-refractivity contribution in [1.29, 1.82) is 0 Å². The standard InChI is InChI=1S/C26H18N2O.ClH/c1-15-7-8-17(13-16(15)2)18-9-10-22-21(14-18)19-11-12-28-23-6-4-3-5-20(23)26(29)25(28)24(19)27-22;/h3-14H,1-2H3;1H. The molecule has 3 heterocycles. The van der Waals surface area contributed by atoms with Crippen LogP contribution in [0.25, 0.3) is 38.6 Å². The fraction of sp³-hybridized carbons (Fsp3) is 0.0769. The second kappa shape index (κ2) is 6.54. The molecule has 5 aromatic rings. The molecule has 3 nitrogen and oxygen atoms in total. The molecule has 0 bridgehead atoms.